The Hall–Kier alpha value is -1.13. The second-order valence-electron chi connectivity index (χ2n) is 6.83. The first-order chi connectivity index (χ1) is 10.5. The number of hydrogen-bond acceptors (Lipinski definition) is 2. The van der Waals surface area contributed by atoms with Gasteiger partial charge in [-0.3, -0.25) is 4.79 Å². The third-order valence-electron chi connectivity index (χ3n) is 4.85. The third kappa shape index (κ3) is 2.08. The molecule has 1 saturated carbocycles. The molecular formula is C18H20BrNO2. The molecule has 2 atom stereocenters. The number of rotatable bonds is 2. The van der Waals surface area contributed by atoms with Crippen molar-refractivity contribution in [2.45, 2.75) is 44.8 Å². The van der Waals surface area contributed by atoms with E-state index in [1.807, 2.05) is 24.0 Å². The molecule has 0 radical (unpaired) electrons. The van der Waals surface area contributed by atoms with Crippen LogP contribution in [0.4, 0.5) is 5.69 Å². The van der Waals surface area contributed by atoms with Crippen molar-refractivity contribution in [3.8, 4) is 0 Å². The van der Waals surface area contributed by atoms with Gasteiger partial charge in [0.25, 0.3) is 5.91 Å². The maximum absolute atomic E-state index is 13.3. The van der Waals surface area contributed by atoms with Gasteiger partial charge in [-0.15, -0.1) is 0 Å². The van der Waals surface area contributed by atoms with E-state index in [0.29, 0.717) is 12.3 Å². The van der Waals surface area contributed by atoms with Crippen molar-refractivity contribution in [1.29, 1.82) is 0 Å². The zero-order valence-electron chi connectivity index (χ0n) is 12.9. The average molecular weight is 362 g/mol. The largest absolute Gasteiger partial charge is 0.353 e. The monoisotopic (exact) mass is 361 g/mol. The van der Waals surface area contributed by atoms with Crippen molar-refractivity contribution in [2.24, 2.45) is 5.92 Å². The van der Waals surface area contributed by atoms with E-state index in [1.54, 1.807) is 0 Å². The van der Waals surface area contributed by atoms with Gasteiger partial charge in [0.05, 0.1) is 11.8 Å². The van der Waals surface area contributed by atoms with Crippen molar-refractivity contribution >= 4 is 27.5 Å². The third-order valence-corrected chi connectivity index (χ3v) is 5.51. The zero-order chi connectivity index (χ0) is 15.5. The molecular weight excluding hydrogens is 342 g/mol. The number of carbonyl (C=O) groups excluding carboxylic acids is 1. The summed E-state index contributed by atoms with van der Waals surface area (Å²) in [6.07, 6.45) is 5.18. The number of carbonyl (C=O) groups is 1. The molecule has 2 heterocycles. The van der Waals surface area contributed by atoms with Crippen LogP contribution >= 0.6 is 15.9 Å². The molecule has 4 rings (SSSR count). The minimum Gasteiger partial charge on any atom is -0.353 e. The van der Waals surface area contributed by atoms with E-state index >= 15 is 0 Å². The Labute approximate surface area is 139 Å². The minimum absolute atomic E-state index is 0.0430. The Morgan fingerprint density at radius 1 is 1.41 bits per heavy atom. The van der Waals surface area contributed by atoms with Crippen LogP contribution in [0.3, 0.4) is 0 Å². The lowest BCUT2D eigenvalue weighted by Gasteiger charge is -2.35. The Morgan fingerprint density at radius 3 is 2.86 bits per heavy atom. The van der Waals surface area contributed by atoms with Crippen LogP contribution in [0.15, 0.2) is 34.3 Å². The molecule has 22 heavy (non-hydrogen) atoms. The van der Waals surface area contributed by atoms with Crippen LogP contribution in [-0.2, 0) is 15.1 Å². The molecule has 0 aromatic heterocycles. The molecule has 0 bridgehead atoms. The lowest BCUT2D eigenvalue weighted by Crippen LogP contribution is -2.46. The Kier molecular flexibility index (Phi) is 3.24. The first-order valence-electron chi connectivity index (χ1n) is 7.97. The van der Waals surface area contributed by atoms with Gasteiger partial charge in [-0.1, -0.05) is 33.6 Å². The molecule has 0 N–H and O–H groups in total. The molecule has 116 valence electrons. The molecule has 1 aliphatic carbocycles. The average Bonchev–Trinajstić information content (AvgIpc) is 3.23. The van der Waals surface area contributed by atoms with E-state index in [1.165, 1.54) is 18.4 Å². The van der Waals surface area contributed by atoms with Crippen LogP contribution in [0, 0.1) is 5.92 Å². The summed E-state index contributed by atoms with van der Waals surface area (Å²) in [6.45, 7) is 4.93. The smallest absolute Gasteiger partial charge is 0.264 e. The van der Waals surface area contributed by atoms with E-state index in [0.717, 1.165) is 22.3 Å². The Morgan fingerprint density at radius 2 is 2.18 bits per heavy atom. The number of hydrogen-bond donors (Lipinski definition) is 0. The van der Waals surface area contributed by atoms with Gasteiger partial charge in [-0.2, -0.15) is 0 Å². The van der Waals surface area contributed by atoms with Gasteiger partial charge in [0.15, 0.2) is 5.60 Å². The summed E-state index contributed by atoms with van der Waals surface area (Å²) in [7, 11) is 0. The van der Waals surface area contributed by atoms with Crippen molar-refractivity contribution in [1.82, 2.24) is 0 Å². The van der Waals surface area contributed by atoms with Crippen LogP contribution in [0.25, 0.3) is 0 Å². The molecule has 4 heteroatoms. The standard InChI is InChI=1S/C18H20BrNO2/c1-11-8-12(2)22-18(9-11)16-14(19)4-3-5-15(16)20(17(18)21)10-13-6-7-13/h3-5,8,12-13H,6-7,9-10H2,1-2H3/t12-,18?/m1/s1. The molecule has 1 unspecified atom stereocenters. The predicted octanol–water partition coefficient (Wildman–Crippen LogP) is 4.16. The molecule has 2 aliphatic heterocycles. The van der Waals surface area contributed by atoms with Crippen molar-refractivity contribution < 1.29 is 9.53 Å². The van der Waals surface area contributed by atoms with Gasteiger partial charge >= 0.3 is 0 Å². The van der Waals surface area contributed by atoms with Crippen molar-refractivity contribution in [2.75, 3.05) is 11.4 Å². The highest BCUT2D eigenvalue weighted by Gasteiger charge is 2.55. The summed E-state index contributed by atoms with van der Waals surface area (Å²) >= 11 is 3.66. The number of anilines is 1. The summed E-state index contributed by atoms with van der Waals surface area (Å²) < 4.78 is 7.23. The molecule has 1 aromatic rings. The first-order valence-corrected chi connectivity index (χ1v) is 8.76. The number of halogens is 1. The van der Waals surface area contributed by atoms with Crippen molar-refractivity contribution in [3.63, 3.8) is 0 Å². The molecule has 1 amide bonds. The molecule has 3 nitrogen and oxygen atoms in total. The fourth-order valence-electron chi connectivity index (χ4n) is 3.83. The van der Waals surface area contributed by atoms with Gasteiger partial charge < -0.3 is 9.64 Å². The maximum atomic E-state index is 13.3. The summed E-state index contributed by atoms with van der Waals surface area (Å²) in [5, 5.41) is 0. The molecule has 0 saturated heterocycles. The molecule has 1 aromatic carbocycles. The quantitative estimate of drug-likeness (QED) is 0.740. The minimum atomic E-state index is -0.845. The van der Waals surface area contributed by atoms with Crippen molar-refractivity contribution in [3.05, 3.63) is 39.9 Å². The zero-order valence-corrected chi connectivity index (χ0v) is 14.5. The van der Waals surface area contributed by atoms with Gasteiger partial charge in [-0.05, 0) is 44.7 Å². The Balaban J connectivity index is 1.86. The lowest BCUT2D eigenvalue weighted by atomic mass is 9.85. The highest BCUT2D eigenvalue weighted by atomic mass is 79.9. The second kappa shape index (κ2) is 4.93. The first kappa shape index (κ1) is 14.5. The second-order valence-corrected chi connectivity index (χ2v) is 7.69. The summed E-state index contributed by atoms with van der Waals surface area (Å²) in [5.41, 5.74) is 2.41. The highest BCUT2D eigenvalue weighted by Crippen LogP contribution is 2.52. The normalized spacial score (nSPS) is 30.7. The van der Waals surface area contributed by atoms with Crippen LogP contribution in [-0.4, -0.2) is 18.6 Å². The summed E-state index contributed by atoms with van der Waals surface area (Å²) in [5.74, 6) is 0.768. The lowest BCUT2D eigenvalue weighted by molar-refractivity contribution is -0.150. The Bertz CT molecular complexity index is 680. The van der Waals surface area contributed by atoms with E-state index in [-0.39, 0.29) is 12.0 Å². The number of ether oxygens (including phenoxy) is 1. The van der Waals surface area contributed by atoms with E-state index in [4.69, 9.17) is 4.74 Å². The van der Waals surface area contributed by atoms with Crippen LogP contribution in [0.5, 0.6) is 0 Å². The molecule has 3 aliphatic rings. The van der Waals surface area contributed by atoms with Crippen LogP contribution < -0.4 is 4.90 Å². The van der Waals surface area contributed by atoms with Gasteiger partial charge in [0, 0.05) is 23.0 Å². The molecule has 1 fully saturated rings. The van der Waals surface area contributed by atoms with E-state index in [2.05, 4.69) is 35.0 Å². The molecule has 1 spiro atoms. The topological polar surface area (TPSA) is 29.5 Å². The number of amides is 1. The van der Waals surface area contributed by atoms with E-state index < -0.39 is 5.60 Å². The number of nitrogens with zero attached hydrogens (tertiary/aromatic N) is 1. The van der Waals surface area contributed by atoms with Crippen LogP contribution in [0.2, 0.25) is 0 Å². The van der Waals surface area contributed by atoms with Gasteiger partial charge in [-0.25, -0.2) is 0 Å². The number of benzene rings is 1. The predicted molar refractivity (Wildman–Crippen MR) is 89.8 cm³/mol. The van der Waals surface area contributed by atoms with Crippen LogP contribution in [0.1, 0.15) is 38.7 Å². The van der Waals surface area contributed by atoms with Gasteiger partial charge in [0.1, 0.15) is 0 Å². The number of fused-ring (bicyclic) bond motifs is 2. The maximum Gasteiger partial charge on any atom is 0.264 e. The van der Waals surface area contributed by atoms with Gasteiger partial charge in [0.2, 0.25) is 0 Å². The highest BCUT2D eigenvalue weighted by molar-refractivity contribution is 9.10. The fourth-order valence-corrected chi connectivity index (χ4v) is 4.51. The SMILES string of the molecule is CC1=C[C@@H](C)OC2(C1)C(=O)N(CC1CC1)c1cccc(Br)c12. The summed E-state index contributed by atoms with van der Waals surface area (Å²) in [6, 6.07) is 6.07. The summed E-state index contributed by atoms with van der Waals surface area (Å²) in [4.78, 5) is 15.3. The van der Waals surface area contributed by atoms with E-state index in [9.17, 15) is 4.79 Å². The fraction of sp³-hybridized carbons (Fsp3) is 0.500.